The lowest BCUT2D eigenvalue weighted by Gasteiger charge is -2.09. The van der Waals surface area contributed by atoms with Crippen LogP contribution in [0.2, 0.25) is 0 Å². The quantitative estimate of drug-likeness (QED) is 0.618. The molecule has 7 heteroatoms. The van der Waals surface area contributed by atoms with E-state index < -0.39 is 16.9 Å². The number of nitrogens with one attached hydrogen (secondary N) is 1. The topological polar surface area (TPSA) is 92.5 Å². The number of rotatable bonds is 6. The molecule has 19 heavy (non-hydrogen) atoms. The summed E-state index contributed by atoms with van der Waals surface area (Å²) in [5.41, 5.74) is 0.0714. The van der Waals surface area contributed by atoms with Crippen molar-refractivity contribution in [2.75, 3.05) is 6.54 Å². The smallest absolute Gasteiger partial charge is 0.270 e. The molecule has 104 valence electrons. The lowest BCUT2D eigenvalue weighted by atomic mass is 10.1. The molecule has 1 aromatic carbocycles. The van der Waals surface area contributed by atoms with Gasteiger partial charge in [-0.2, -0.15) is 0 Å². The Hall–Kier alpha value is -1.47. The van der Waals surface area contributed by atoms with Crippen molar-refractivity contribution in [1.82, 2.24) is 5.32 Å². The van der Waals surface area contributed by atoms with Crippen molar-refractivity contribution < 1.29 is 14.8 Å². The van der Waals surface area contributed by atoms with Crippen molar-refractivity contribution >= 4 is 27.5 Å². The molecular weight excluding hydrogens is 316 g/mol. The predicted octanol–water partition coefficient (Wildman–Crippen LogP) is 2.25. The van der Waals surface area contributed by atoms with Crippen molar-refractivity contribution in [2.45, 2.75) is 25.9 Å². The number of hydrogen-bond acceptors (Lipinski definition) is 4. The Morgan fingerprint density at radius 1 is 1.58 bits per heavy atom. The largest absolute Gasteiger partial charge is 0.393 e. The second kappa shape index (κ2) is 7.20. The normalized spacial score (nSPS) is 11.9. The fourth-order valence-corrected chi connectivity index (χ4v) is 1.88. The Labute approximate surface area is 119 Å². The Morgan fingerprint density at radius 2 is 2.26 bits per heavy atom. The highest BCUT2D eigenvalue weighted by atomic mass is 79.9. The van der Waals surface area contributed by atoms with Gasteiger partial charge in [0.25, 0.3) is 11.6 Å². The van der Waals surface area contributed by atoms with Crippen molar-refractivity contribution in [2.24, 2.45) is 0 Å². The molecule has 2 N–H and O–H groups in total. The molecule has 1 rings (SSSR count). The molecule has 1 atom stereocenters. The third kappa shape index (κ3) is 4.60. The highest BCUT2D eigenvalue weighted by Gasteiger charge is 2.15. The predicted molar refractivity (Wildman–Crippen MR) is 74.0 cm³/mol. The maximum Gasteiger partial charge on any atom is 0.270 e. The van der Waals surface area contributed by atoms with Crippen LogP contribution in [0.15, 0.2) is 22.7 Å². The van der Waals surface area contributed by atoms with Gasteiger partial charge in [-0.3, -0.25) is 14.9 Å². The number of aliphatic hydroxyl groups is 1. The van der Waals surface area contributed by atoms with Crippen molar-refractivity contribution in [3.05, 3.63) is 38.3 Å². The molecule has 0 aliphatic heterocycles. The highest BCUT2D eigenvalue weighted by Crippen LogP contribution is 2.22. The summed E-state index contributed by atoms with van der Waals surface area (Å²) in [5.74, 6) is -0.404. The fraction of sp³-hybridized carbons (Fsp3) is 0.417. The molecule has 0 aromatic heterocycles. The number of amides is 1. The van der Waals surface area contributed by atoms with E-state index >= 15 is 0 Å². The second-order valence-electron chi connectivity index (χ2n) is 4.03. The van der Waals surface area contributed by atoms with E-state index in [2.05, 4.69) is 21.2 Å². The first-order chi connectivity index (χ1) is 8.95. The van der Waals surface area contributed by atoms with Crippen LogP contribution in [0.3, 0.4) is 0 Å². The monoisotopic (exact) mass is 330 g/mol. The van der Waals surface area contributed by atoms with E-state index in [1.165, 1.54) is 18.2 Å². The number of aliphatic hydroxyl groups excluding tert-OH is 1. The molecule has 1 aromatic rings. The maximum absolute atomic E-state index is 11.9. The first-order valence-electron chi connectivity index (χ1n) is 5.86. The van der Waals surface area contributed by atoms with Gasteiger partial charge in [-0.05, 0) is 34.8 Å². The Balaban J connectivity index is 2.71. The van der Waals surface area contributed by atoms with Gasteiger partial charge in [0.2, 0.25) is 0 Å². The molecule has 0 bridgehead atoms. The number of halogens is 1. The number of nitro benzene ring substituents is 1. The zero-order valence-electron chi connectivity index (χ0n) is 10.4. The van der Waals surface area contributed by atoms with Crippen LogP contribution in [0, 0.1) is 10.1 Å². The molecule has 0 aliphatic rings. The average molecular weight is 331 g/mol. The molecule has 0 radical (unpaired) electrons. The van der Waals surface area contributed by atoms with Gasteiger partial charge in [-0.1, -0.05) is 6.92 Å². The van der Waals surface area contributed by atoms with E-state index in [0.717, 1.165) is 0 Å². The zero-order valence-corrected chi connectivity index (χ0v) is 12.0. The van der Waals surface area contributed by atoms with Crippen LogP contribution in [0.5, 0.6) is 0 Å². The first kappa shape index (κ1) is 15.6. The lowest BCUT2D eigenvalue weighted by molar-refractivity contribution is -0.384. The van der Waals surface area contributed by atoms with Crippen molar-refractivity contribution in [1.29, 1.82) is 0 Å². The van der Waals surface area contributed by atoms with Crippen LogP contribution < -0.4 is 5.32 Å². The molecule has 0 heterocycles. The third-order valence-corrected chi connectivity index (χ3v) is 3.33. The molecule has 0 fully saturated rings. The van der Waals surface area contributed by atoms with Crippen LogP contribution in [-0.2, 0) is 0 Å². The minimum absolute atomic E-state index is 0.137. The summed E-state index contributed by atoms with van der Waals surface area (Å²) in [6.07, 6.45) is 0.624. The van der Waals surface area contributed by atoms with Gasteiger partial charge < -0.3 is 10.4 Å². The molecule has 1 unspecified atom stereocenters. The van der Waals surface area contributed by atoms with E-state index in [9.17, 15) is 20.0 Å². The van der Waals surface area contributed by atoms with Gasteiger partial charge in [0.15, 0.2) is 0 Å². The Morgan fingerprint density at radius 3 is 2.84 bits per heavy atom. The zero-order chi connectivity index (χ0) is 14.4. The van der Waals surface area contributed by atoms with E-state index in [1.807, 2.05) is 6.92 Å². The minimum Gasteiger partial charge on any atom is -0.393 e. The number of nitro groups is 1. The lowest BCUT2D eigenvalue weighted by Crippen LogP contribution is -2.27. The van der Waals surface area contributed by atoms with Gasteiger partial charge in [0.1, 0.15) is 0 Å². The molecule has 1 amide bonds. The summed E-state index contributed by atoms with van der Waals surface area (Å²) in [7, 11) is 0. The summed E-state index contributed by atoms with van der Waals surface area (Å²) < 4.78 is 0.492. The molecular formula is C12H15BrN2O4. The standard InChI is InChI=1S/C12H15BrN2O4/c1-2-9(16)5-6-14-12(17)10-7-8(15(18)19)3-4-11(10)13/h3-4,7,9,16H,2,5-6H2,1H3,(H,14,17). The summed E-state index contributed by atoms with van der Waals surface area (Å²) in [6, 6.07) is 4.01. The van der Waals surface area contributed by atoms with Crippen LogP contribution in [0.25, 0.3) is 0 Å². The average Bonchev–Trinajstić information content (AvgIpc) is 2.38. The number of carbonyl (C=O) groups is 1. The Bertz CT molecular complexity index is 479. The fourth-order valence-electron chi connectivity index (χ4n) is 1.45. The van der Waals surface area contributed by atoms with Crippen LogP contribution in [-0.4, -0.2) is 28.6 Å². The number of nitrogens with zero attached hydrogens (tertiary/aromatic N) is 1. The summed E-state index contributed by atoms with van der Waals surface area (Å²) in [4.78, 5) is 22.0. The van der Waals surface area contributed by atoms with Gasteiger partial charge in [-0.25, -0.2) is 0 Å². The van der Waals surface area contributed by atoms with Gasteiger partial charge in [0.05, 0.1) is 16.6 Å². The SMILES string of the molecule is CCC(O)CCNC(=O)c1cc([N+](=O)[O-])ccc1Br. The van der Waals surface area contributed by atoms with E-state index in [0.29, 0.717) is 23.9 Å². The summed E-state index contributed by atoms with van der Waals surface area (Å²) in [6.45, 7) is 2.17. The third-order valence-electron chi connectivity index (χ3n) is 2.64. The number of benzene rings is 1. The second-order valence-corrected chi connectivity index (χ2v) is 4.88. The van der Waals surface area contributed by atoms with Crippen molar-refractivity contribution in [3.8, 4) is 0 Å². The first-order valence-corrected chi connectivity index (χ1v) is 6.65. The van der Waals surface area contributed by atoms with E-state index in [1.54, 1.807) is 0 Å². The number of non-ortho nitro benzene ring substituents is 1. The van der Waals surface area contributed by atoms with Crippen LogP contribution >= 0.6 is 15.9 Å². The highest BCUT2D eigenvalue weighted by molar-refractivity contribution is 9.10. The van der Waals surface area contributed by atoms with Gasteiger partial charge in [0, 0.05) is 23.2 Å². The summed E-state index contributed by atoms with van der Waals surface area (Å²) >= 11 is 3.18. The van der Waals surface area contributed by atoms with E-state index in [4.69, 9.17) is 0 Å². The molecule has 0 saturated carbocycles. The van der Waals surface area contributed by atoms with Gasteiger partial charge >= 0.3 is 0 Å². The van der Waals surface area contributed by atoms with Crippen molar-refractivity contribution in [3.63, 3.8) is 0 Å². The van der Waals surface area contributed by atoms with Gasteiger partial charge in [-0.15, -0.1) is 0 Å². The van der Waals surface area contributed by atoms with Crippen LogP contribution in [0.4, 0.5) is 5.69 Å². The number of hydrogen-bond donors (Lipinski definition) is 2. The summed E-state index contributed by atoms with van der Waals surface area (Å²) in [5, 5.41) is 22.6. The Kier molecular flexibility index (Phi) is 5.91. The number of carbonyl (C=O) groups excluding carboxylic acids is 1. The maximum atomic E-state index is 11.9. The molecule has 0 saturated heterocycles. The molecule has 0 aliphatic carbocycles. The minimum atomic E-state index is -0.552. The molecule has 6 nitrogen and oxygen atoms in total. The van der Waals surface area contributed by atoms with E-state index in [-0.39, 0.29) is 11.3 Å². The molecule has 0 spiro atoms. The van der Waals surface area contributed by atoms with Crippen LogP contribution in [0.1, 0.15) is 30.1 Å².